The lowest BCUT2D eigenvalue weighted by molar-refractivity contribution is 0.304. The quantitative estimate of drug-likeness (QED) is 0.723. The Morgan fingerprint density at radius 2 is 2.09 bits per heavy atom. The summed E-state index contributed by atoms with van der Waals surface area (Å²) in [4.78, 5) is 11.8. The van der Waals surface area contributed by atoms with Crippen LogP contribution in [0.2, 0.25) is 0 Å². The van der Waals surface area contributed by atoms with E-state index in [0.29, 0.717) is 23.5 Å². The van der Waals surface area contributed by atoms with Crippen molar-refractivity contribution in [1.29, 1.82) is 0 Å². The summed E-state index contributed by atoms with van der Waals surface area (Å²) in [7, 11) is 0. The van der Waals surface area contributed by atoms with Gasteiger partial charge in [-0.25, -0.2) is 4.79 Å². The Morgan fingerprint density at radius 3 is 2.87 bits per heavy atom. The number of aromatic nitrogens is 2. The monoisotopic (exact) mass is 331 g/mol. The van der Waals surface area contributed by atoms with Gasteiger partial charge < -0.3 is 14.5 Å². The van der Waals surface area contributed by atoms with E-state index < -0.39 is 0 Å². The molecule has 3 aromatic rings. The molecule has 23 heavy (non-hydrogen) atoms. The van der Waals surface area contributed by atoms with Crippen molar-refractivity contribution < 1.29 is 9.15 Å². The third kappa shape index (κ3) is 3.19. The minimum atomic E-state index is -0.313. The van der Waals surface area contributed by atoms with Gasteiger partial charge in [0.15, 0.2) is 5.01 Å². The summed E-state index contributed by atoms with van der Waals surface area (Å²) >= 11 is 1.46. The fourth-order valence-corrected chi connectivity index (χ4v) is 2.92. The molecule has 0 aliphatic heterocycles. The lowest BCUT2D eigenvalue weighted by Crippen LogP contribution is -2.05. The van der Waals surface area contributed by atoms with Crippen LogP contribution < -0.4 is 15.7 Å². The molecule has 3 rings (SSSR count). The number of nitrogens with one attached hydrogen (secondary N) is 1. The van der Waals surface area contributed by atoms with Gasteiger partial charge in [-0.05, 0) is 38.5 Å². The highest BCUT2D eigenvalue weighted by Gasteiger charge is 2.09. The second-order valence-electron chi connectivity index (χ2n) is 5.12. The number of benzene rings is 1. The summed E-state index contributed by atoms with van der Waals surface area (Å²) in [6.07, 6.45) is 0. The lowest BCUT2D eigenvalue weighted by Gasteiger charge is -2.07. The summed E-state index contributed by atoms with van der Waals surface area (Å²) in [5, 5.41) is 13.7. The van der Waals surface area contributed by atoms with Gasteiger partial charge in [-0.1, -0.05) is 11.3 Å². The standard InChI is InChI=1S/C16H17N3O3S/c1-4-17-16-19-18-14(23-16)8-21-11-5-6-12-9(2)10(3)15(20)22-13(12)7-11/h5-7H,4,8H2,1-3H3,(H,17,19). The Balaban J connectivity index is 1.80. The van der Waals surface area contributed by atoms with Gasteiger partial charge >= 0.3 is 5.63 Å². The Labute approximate surface area is 137 Å². The molecule has 0 saturated carbocycles. The molecule has 0 saturated heterocycles. The van der Waals surface area contributed by atoms with E-state index in [2.05, 4.69) is 15.5 Å². The zero-order chi connectivity index (χ0) is 16.4. The second-order valence-corrected chi connectivity index (χ2v) is 6.18. The van der Waals surface area contributed by atoms with Crippen molar-refractivity contribution in [2.45, 2.75) is 27.4 Å². The topological polar surface area (TPSA) is 77.3 Å². The zero-order valence-electron chi connectivity index (χ0n) is 13.2. The van der Waals surface area contributed by atoms with Crippen LogP contribution in [0.4, 0.5) is 5.13 Å². The molecule has 120 valence electrons. The Bertz CT molecular complexity index is 901. The van der Waals surface area contributed by atoms with Gasteiger partial charge in [0.1, 0.15) is 17.9 Å². The molecule has 0 unspecified atom stereocenters. The normalized spacial score (nSPS) is 10.9. The van der Waals surface area contributed by atoms with Crippen LogP contribution in [-0.4, -0.2) is 16.7 Å². The Kier molecular flexibility index (Phi) is 4.29. The molecule has 2 heterocycles. The van der Waals surface area contributed by atoms with Crippen LogP contribution in [0.15, 0.2) is 27.4 Å². The van der Waals surface area contributed by atoms with E-state index in [1.807, 2.05) is 26.0 Å². The number of aryl methyl sites for hydroxylation is 1. The summed E-state index contributed by atoms with van der Waals surface area (Å²) in [6.45, 7) is 6.81. The predicted octanol–water partition coefficient (Wildman–Crippen LogP) is 3.27. The highest BCUT2D eigenvalue weighted by molar-refractivity contribution is 7.15. The van der Waals surface area contributed by atoms with Crippen molar-refractivity contribution in [3.05, 3.63) is 44.8 Å². The molecule has 0 aliphatic rings. The Hall–Kier alpha value is -2.41. The largest absolute Gasteiger partial charge is 0.486 e. The fraction of sp³-hybridized carbons (Fsp3) is 0.312. The van der Waals surface area contributed by atoms with Crippen molar-refractivity contribution in [1.82, 2.24) is 10.2 Å². The minimum Gasteiger partial charge on any atom is -0.486 e. The SMILES string of the molecule is CCNc1nnc(COc2ccc3c(C)c(C)c(=O)oc3c2)s1. The molecule has 7 heteroatoms. The van der Waals surface area contributed by atoms with Crippen molar-refractivity contribution in [2.75, 3.05) is 11.9 Å². The van der Waals surface area contributed by atoms with E-state index in [0.717, 1.165) is 27.6 Å². The number of nitrogens with zero attached hydrogens (tertiary/aromatic N) is 2. The molecule has 6 nitrogen and oxygen atoms in total. The molecule has 0 bridgehead atoms. The molecule has 0 radical (unpaired) electrons. The third-order valence-corrected chi connectivity index (χ3v) is 4.44. The van der Waals surface area contributed by atoms with Gasteiger partial charge in [-0.2, -0.15) is 0 Å². The second kappa shape index (κ2) is 6.37. The van der Waals surface area contributed by atoms with E-state index >= 15 is 0 Å². The van der Waals surface area contributed by atoms with Crippen LogP contribution in [0, 0.1) is 13.8 Å². The van der Waals surface area contributed by atoms with Crippen LogP contribution in [0.5, 0.6) is 5.75 Å². The van der Waals surface area contributed by atoms with Crippen molar-refractivity contribution in [3.8, 4) is 5.75 Å². The number of fused-ring (bicyclic) bond motifs is 1. The number of rotatable bonds is 5. The van der Waals surface area contributed by atoms with Crippen LogP contribution in [-0.2, 0) is 6.61 Å². The zero-order valence-corrected chi connectivity index (χ0v) is 14.0. The first kappa shape index (κ1) is 15.5. The first-order valence-electron chi connectivity index (χ1n) is 7.31. The van der Waals surface area contributed by atoms with E-state index in [-0.39, 0.29) is 5.63 Å². The molecular weight excluding hydrogens is 314 g/mol. The number of hydrogen-bond donors (Lipinski definition) is 1. The predicted molar refractivity (Wildman–Crippen MR) is 90.4 cm³/mol. The molecule has 1 aromatic carbocycles. The molecule has 0 aliphatic carbocycles. The summed E-state index contributed by atoms with van der Waals surface area (Å²) in [6, 6.07) is 5.50. The van der Waals surface area contributed by atoms with E-state index in [9.17, 15) is 4.79 Å². The third-order valence-electron chi connectivity index (χ3n) is 3.59. The smallest absolute Gasteiger partial charge is 0.339 e. The van der Waals surface area contributed by atoms with Crippen LogP contribution in [0.1, 0.15) is 23.1 Å². The maximum Gasteiger partial charge on any atom is 0.339 e. The van der Waals surface area contributed by atoms with Crippen molar-refractivity contribution in [2.24, 2.45) is 0 Å². The Morgan fingerprint density at radius 1 is 1.26 bits per heavy atom. The molecule has 1 N–H and O–H groups in total. The van der Waals surface area contributed by atoms with E-state index in [1.165, 1.54) is 11.3 Å². The van der Waals surface area contributed by atoms with E-state index in [1.54, 1.807) is 13.0 Å². The molecule has 0 atom stereocenters. The highest BCUT2D eigenvalue weighted by atomic mass is 32.1. The average Bonchev–Trinajstić information content (AvgIpc) is 2.98. The lowest BCUT2D eigenvalue weighted by atomic mass is 10.1. The van der Waals surface area contributed by atoms with Gasteiger partial charge in [-0.15, -0.1) is 10.2 Å². The van der Waals surface area contributed by atoms with E-state index in [4.69, 9.17) is 9.15 Å². The highest BCUT2D eigenvalue weighted by Crippen LogP contribution is 2.25. The molecule has 0 spiro atoms. The maximum atomic E-state index is 11.8. The molecular formula is C16H17N3O3S. The maximum absolute atomic E-state index is 11.8. The number of anilines is 1. The van der Waals surface area contributed by atoms with Gasteiger partial charge in [0.25, 0.3) is 0 Å². The van der Waals surface area contributed by atoms with Gasteiger partial charge in [0.05, 0.1) is 0 Å². The van der Waals surface area contributed by atoms with Gasteiger partial charge in [0.2, 0.25) is 5.13 Å². The van der Waals surface area contributed by atoms with Crippen molar-refractivity contribution >= 4 is 27.4 Å². The van der Waals surface area contributed by atoms with Crippen LogP contribution in [0.25, 0.3) is 11.0 Å². The summed E-state index contributed by atoms with van der Waals surface area (Å²) in [5.74, 6) is 0.629. The van der Waals surface area contributed by atoms with Crippen LogP contribution in [0.3, 0.4) is 0 Å². The fourth-order valence-electron chi connectivity index (χ4n) is 2.20. The molecule has 0 fully saturated rings. The number of hydrogen-bond acceptors (Lipinski definition) is 7. The minimum absolute atomic E-state index is 0.313. The summed E-state index contributed by atoms with van der Waals surface area (Å²) in [5.41, 5.74) is 1.78. The first-order chi connectivity index (χ1) is 11.1. The molecule has 2 aromatic heterocycles. The molecule has 0 amide bonds. The number of ether oxygens (including phenoxy) is 1. The van der Waals surface area contributed by atoms with Gasteiger partial charge in [-0.3, -0.25) is 0 Å². The summed E-state index contributed by atoms with van der Waals surface area (Å²) < 4.78 is 11.1. The first-order valence-corrected chi connectivity index (χ1v) is 8.13. The van der Waals surface area contributed by atoms with Crippen LogP contribution >= 0.6 is 11.3 Å². The van der Waals surface area contributed by atoms with Crippen molar-refractivity contribution in [3.63, 3.8) is 0 Å². The average molecular weight is 331 g/mol. The van der Waals surface area contributed by atoms with Gasteiger partial charge in [0, 0.05) is 23.6 Å².